The number of carboxylic acid groups (broad SMARTS) is 1. The summed E-state index contributed by atoms with van der Waals surface area (Å²) in [5.41, 5.74) is 1.07. The third-order valence-electron chi connectivity index (χ3n) is 3.97. The number of unbranched alkanes of at least 4 members (excludes halogenated alkanes) is 6. The fraction of sp³-hybridized carbons (Fsp3) is 0.562. The van der Waals surface area contributed by atoms with Crippen molar-refractivity contribution in [2.24, 2.45) is 0 Å². The van der Waals surface area contributed by atoms with Crippen molar-refractivity contribution in [2.75, 3.05) is 11.9 Å². The number of nitro groups is 1. The second-order valence-corrected chi connectivity index (χ2v) is 5.90. The Hall–Kier alpha value is -2.71. The van der Waals surface area contributed by atoms with Crippen molar-refractivity contribution in [1.29, 1.82) is 0 Å². The summed E-state index contributed by atoms with van der Waals surface area (Å²) in [5, 5.41) is 30.0. The summed E-state index contributed by atoms with van der Waals surface area (Å²) in [6.07, 6.45) is 7.28. The maximum absolute atomic E-state index is 10.9. The maximum Gasteiger partial charge on any atom is 0.303 e. The lowest BCUT2D eigenvalue weighted by molar-refractivity contribution is -0.383. The van der Waals surface area contributed by atoms with E-state index in [9.17, 15) is 14.9 Å². The first-order valence-corrected chi connectivity index (χ1v) is 8.45. The number of anilines is 1. The molecule has 2 N–H and O–H groups in total. The van der Waals surface area contributed by atoms with Gasteiger partial charge in [-0.2, -0.15) is 0 Å². The molecule has 136 valence electrons. The SMILES string of the molecule is O=C(O)CCCCCCCCCNc1ccc([N+](=O)[O-])c2nonc12. The molecule has 0 unspecified atom stereocenters. The topological polar surface area (TPSA) is 131 Å². The molecule has 0 aliphatic rings. The monoisotopic (exact) mass is 350 g/mol. The van der Waals surface area contributed by atoms with Gasteiger partial charge < -0.3 is 10.4 Å². The molecular formula is C16H22N4O5. The zero-order valence-corrected chi connectivity index (χ0v) is 13.9. The van der Waals surface area contributed by atoms with Crippen LogP contribution >= 0.6 is 0 Å². The standard InChI is InChI=1S/C16H22N4O5/c21-14(22)8-6-4-2-1-3-5-7-11-17-12-9-10-13(20(23)24)16-15(12)18-25-19-16/h9-10,17H,1-8,11H2,(H,21,22). The molecule has 9 nitrogen and oxygen atoms in total. The molecular weight excluding hydrogens is 328 g/mol. The van der Waals surface area contributed by atoms with Gasteiger partial charge in [0, 0.05) is 19.0 Å². The Morgan fingerprint density at radius 1 is 1.08 bits per heavy atom. The average Bonchev–Trinajstić information content (AvgIpc) is 3.05. The number of hydrogen-bond acceptors (Lipinski definition) is 7. The summed E-state index contributed by atoms with van der Waals surface area (Å²) < 4.78 is 4.62. The van der Waals surface area contributed by atoms with Gasteiger partial charge in [0.15, 0.2) is 5.52 Å². The van der Waals surface area contributed by atoms with Crippen LogP contribution in [-0.4, -0.2) is 32.9 Å². The number of non-ortho nitro benzene ring substituents is 1. The van der Waals surface area contributed by atoms with E-state index in [1.165, 1.54) is 6.07 Å². The minimum atomic E-state index is -0.728. The van der Waals surface area contributed by atoms with Crippen LogP contribution in [0.15, 0.2) is 16.8 Å². The van der Waals surface area contributed by atoms with E-state index in [0.29, 0.717) is 11.2 Å². The van der Waals surface area contributed by atoms with Gasteiger partial charge in [0.2, 0.25) is 5.52 Å². The molecule has 0 fully saturated rings. The number of aliphatic carboxylic acids is 1. The van der Waals surface area contributed by atoms with Gasteiger partial charge in [0.25, 0.3) is 0 Å². The lowest BCUT2D eigenvalue weighted by atomic mass is 10.1. The second kappa shape index (κ2) is 9.55. The highest BCUT2D eigenvalue weighted by Crippen LogP contribution is 2.28. The van der Waals surface area contributed by atoms with E-state index in [-0.39, 0.29) is 17.6 Å². The third-order valence-corrected chi connectivity index (χ3v) is 3.97. The first-order valence-electron chi connectivity index (χ1n) is 8.45. The van der Waals surface area contributed by atoms with E-state index in [1.54, 1.807) is 6.07 Å². The molecule has 0 aliphatic carbocycles. The van der Waals surface area contributed by atoms with Crippen LogP contribution in [0.2, 0.25) is 0 Å². The first kappa shape index (κ1) is 18.6. The molecule has 2 rings (SSSR count). The van der Waals surface area contributed by atoms with Crippen LogP contribution in [0.4, 0.5) is 11.4 Å². The van der Waals surface area contributed by atoms with Crippen molar-refractivity contribution < 1.29 is 19.5 Å². The number of carbonyl (C=O) groups is 1. The highest BCUT2D eigenvalue weighted by Gasteiger charge is 2.19. The Morgan fingerprint density at radius 3 is 2.40 bits per heavy atom. The summed E-state index contributed by atoms with van der Waals surface area (Å²) in [7, 11) is 0. The average molecular weight is 350 g/mol. The van der Waals surface area contributed by atoms with Gasteiger partial charge in [-0.05, 0) is 29.2 Å². The lowest BCUT2D eigenvalue weighted by Gasteiger charge is -2.06. The van der Waals surface area contributed by atoms with Gasteiger partial charge >= 0.3 is 11.7 Å². The molecule has 0 spiro atoms. The minimum absolute atomic E-state index is 0.121. The van der Waals surface area contributed by atoms with Crippen molar-refractivity contribution in [3.63, 3.8) is 0 Å². The van der Waals surface area contributed by atoms with Gasteiger partial charge in [0.1, 0.15) is 0 Å². The molecule has 1 aromatic carbocycles. The molecule has 0 radical (unpaired) electrons. The number of nitrogens with one attached hydrogen (secondary N) is 1. The van der Waals surface area contributed by atoms with Crippen LogP contribution < -0.4 is 5.32 Å². The Labute approximate surface area is 144 Å². The van der Waals surface area contributed by atoms with Crippen molar-refractivity contribution in [2.45, 2.75) is 51.4 Å². The summed E-state index contributed by atoms with van der Waals surface area (Å²) in [4.78, 5) is 20.8. The number of nitrogens with zero attached hydrogens (tertiary/aromatic N) is 3. The smallest absolute Gasteiger partial charge is 0.303 e. The van der Waals surface area contributed by atoms with E-state index in [2.05, 4.69) is 20.3 Å². The van der Waals surface area contributed by atoms with Crippen molar-refractivity contribution in [3.8, 4) is 0 Å². The number of fused-ring (bicyclic) bond motifs is 1. The Bertz CT molecular complexity index is 716. The molecule has 0 aliphatic heterocycles. The predicted octanol–water partition coefficient (Wildman–Crippen LogP) is 3.75. The van der Waals surface area contributed by atoms with Crippen LogP contribution in [0.25, 0.3) is 11.0 Å². The van der Waals surface area contributed by atoms with Gasteiger partial charge in [-0.15, -0.1) is 0 Å². The quantitative estimate of drug-likeness (QED) is 0.336. The van der Waals surface area contributed by atoms with E-state index < -0.39 is 10.9 Å². The Morgan fingerprint density at radius 2 is 1.72 bits per heavy atom. The third kappa shape index (κ3) is 5.70. The number of benzene rings is 1. The van der Waals surface area contributed by atoms with E-state index in [1.807, 2.05) is 0 Å². The highest BCUT2D eigenvalue weighted by molar-refractivity contribution is 5.93. The summed E-state index contributed by atoms with van der Waals surface area (Å²) >= 11 is 0. The largest absolute Gasteiger partial charge is 0.481 e. The molecule has 1 aromatic heterocycles. The van der Waals surface area contributed by atoms with E-state index >= 15 is 0 Å². The van der Waals surface area contributed by atoms with E-state index in [0.717, 1.165) is 51.5 Å². The fourth-order valence-corrected chi connectivity index (χ4v) is 2.65. The van der Waals surface area contributed by atoms with Crippen molar-refractivity contribution in [1.82, 2.24) is 10.3 Å². The van der Waals surface area contributed by atoms with Crippen molar-refractivity contribution in [3.05, 3.63) is 22.2 Å². The normalized spacial score (nSPS) is 10.9. The molecule has 9 heteroatoms. The number of aromatic nitrogens is 2. The number of hydrogen-bond donors (Lipinski definition) is 2. The van der Waals surface area contributed by atoms with Gasteiger partial charge in [-0.3, -0.25) is 14.9 Å². The summed E-state index contributed by atoms with van der Waals surface area (Å²) in [6, 6.07) is 3.01. The fourth-order valence-electron chi connectivity index (χ4n) is 2.65. The van der Waals surface area contributed by atoms with E-state index in [4.69, 9.17) is 5.11 Å². The molecule has 0 amide bonds. The van der Waals surface area contributed by atoms with Gasteiger partial charge in [0.05, 0.1) is 10.6 Å². The molecule has 25 heavy (non-hydrogen) atoms. The van der Waals surface area contributed by atoms with Crippen LogP contribution in [-0.2, 0) is 4.79 Å². The first-order chi connectivity index (χ1) is 12.1. The predicted molar refractivity (Wildman–Crippen MR) is 91.5 cm³/mol. The van der Waals surface area contributed by atoms with Crippen LogP contribution in [0.5, 0.6) is 0 Å². The molecule has 0 atom stereocenters. The van der Waals surface area contributed by atoms with Crippen molar-refractivity contribution >= 4 is 28.4 Å². The van der Waals surface area contributed by atoms with Gasteiger partial charge in [-0.1, -0.05) is 32.1 Å². The second-order valence-electron chi connectivity index (χ2n) is 5.90. The summed E-state index contributed by atoms with van der Waals surface area (Å²) in [6.45, 7) is 0.735. The zero-order chi connectivity index (χ0) is 18.1. The molecule has 0 bridgehead atoms. The lowest BCUT2D eigenvalue weighted by Crippen LogP contribution is -2.02. The maximum atomic E-state index is 10.9. The Balaban J connectivity index is 1.65. The summed E-state index contributed by atoms with van der Waals surface area (Å²) in [5.74, 6) is -0.728. The molecule has 1 heterocycles. The number of nitro benzene ring substituents is 1. The Kier molecular flexibility index (Phi) is 7.12. The zero-order valence-electron chi connectivity index (χ0n) is 13.9. The highest BCUT2D eigenvalue weighted by atomic mass is 16.6. The number of rotatable bonds is 12. The minimum Gasteiger partial charge on any atom is -0.481 e. The molecule has 2 aromatic rings. The number of carboxylic acids is 1. The molecule has 0 saturated carbocycles. The van der Waals surface area contributed by atoms with Gasteiger partial charge in [-0.25, -0.2) is 4.63 Å². The van der Waals surface area contributed by atoms with Crippen LogP contribution in [0.3, 0.4) is 0 Å². The van der Waals surface area contributed by atoms with Crippen LogP contribution in [0.1, 0.15) is 51.4 Å². The van der Waals surface area contributed by atoms with Crippen LogP contribution in [0, 0.1) is 10.1 Å². The molecule has 0 saturated heterocycles.